The Kier molecular flexibility index (Phi) is 9.70. The van der Waals surface area contributed by atoms with Crippen molar-refractivity contribution >= 4 is 34.9 Å². The van der Waals surface area contributed by atoms with Gasteiger partial charge in [-0.15, -0.1) is 0 Å². The Bertz CT molecular complexity index is 1100. The van der Waals surface area contributed by atoms with Crippen molar-refractivity contribution in [2.24, 2.45) is 5.92 Å². The van der Waals surface area contributed by atoms with Crippen LogP contribution < -0.4 is 10.2 Å². The van der Waals surface area contributed by atoms with E-state index in [0.29, 0.717) is 28.6 Å². The maximum absolute atomic E-state index is 12.9. The molecule has 0 radical (unpaired) electrons. The molecular formula is C31H43Cl2N5O. The molecule has 3 heterocycles. The summed E-state index contributed by atoms with van der Waals surface area (Å²) in [7, 11) is 0. The quantitative estimate of drug-likeness (QED) is 0.425. The van der Waals surface area contributed by atoms with Crippen LogP contribution in [0.3, 0.4) is 0 Å². The summed E-state index contributed by atoms with van der Waals surface area (Å²) in [4.78, 5) is 25.1. The number of hydrogen-bond acceptors (Lipinski definition) is 5. The van der Waals surface area contributed by atoms with E-state index in [9.17, 15) is 4.79 Å². The topological polar surface area (TPSA) is 51.7 Å². The molecule has 0 bridgehead atoms. The first-order valence-electron chi connectivity index (χ1n) is 14.8. The molecule has 2 aromatic rings. The van der Waals surface area contributed by atoms with Crippen molar-refractivity contribution in [2.75, 3.05) is 37.6 Å². The van der Waals surface area contributed by atoms with Crippen LogP contribution in [0.25, 0.3) is 0 Å². The Balaban J connectivity index is 1.11. The van der Waals surface area contributed by atoms with Crippen LogP contribution in [-0.2, 0) is 6.54 Å². The van der Waals surface area contributed by atoms with E-state index in [4.69, 9.17) is 23.2 Å². The van der Waals surface area contributed by atoms with Crippen LogP contribution in [0.15, 0.2) is 36.5 Å². The summed E-state index contributed by atoms with van der Waals surface area (Å²) in [5.74, 6) is 1.28. The Morgan fingerprint density at radius 2 is 1.74 bits per heavy atom. The molecule has 1 aromatic heterocycles. The molecule has 6 nitrogen and oxygen atoms in total. The SMILES string of the molecule is C[C@@H](NC(=O)c1cnc(N2CCN(C3CCN(Cc4ccc(Cl)cc4)CC3)[C@@H](C)C2)c(Cl)c1)C1CCCCC1. The van der Waals surface area contributed by atoms with E-state index in [0.717, 1.165) is 50.1 Å². The van der Waals surface area contributed by atoms with Gasteiger partial charge in [-0.1, -0.05) is 54.6 Å². The van der Waals surface area contributed by atoms with E-state index in [1.807, 2.05) is 12.1 Å². The number of nitrogens with zero attached hydrogens (tertiary/aromatic N) is 4. The van der Waals surface area contributed by atoms with Crippen LogP contribution >= 0.6 is 23.2 Å². The number of anilines is 1. The summed E-state index contributed by atoms with van der Waals surface area (Å²) in [6, 6.07) is 11.2. The predicted octanol–water partition coefficient (Wildman–Crippen LogP) is 6.26. The van der Waals surface area contributed by atoms with E-state index in [2.05, 4.69) is 51.0 Å². The third kappa shape index (κ3) is 7.27. The van der Waals surface area contributed by atoms with Gasteiger partial charge >= 0.3 is 0 Å². The molecule has 39 heavy (non-hydrogen) atoms. The monoisotopic (exact) mass is 571 g/mol. The van der Waals surface area contributed by atoms with E-state index in [-0.39, 0.29) is 11.9 Å². The molecule has 1 N–H and O–H groups in total. The zero-order chi connectivity index (χ0) is 27.4. The highest BCUT2D eigenvalue weighted by molar-refractivity contribution is 6.33. The highest BCUT2D eigenvalue weighted by atomic mass is 35.5. The van der Waals surface area contributed by atoms with E-state index >= 15 is 0 Å². The third-order valence-electron chi connectivity index (χ3n) is 9.12. The lowest BCUT2D eigenvalue weighted by molar-refractivity contribution is 0.0690. The minimum atomic E-state index is -0.0744. The van der Waals surface area contributed by atoms with Gasteiger partial charge in [0.25, 0.3) is 5.91 Å². The summed E-state index contributed by atoms with van der Waals surface area (Å²) in [5, 5.41) is 4.55. The summed E-state index contributed by atoms with van der Waals surface area (Å²) in [6.07, 6.45) is 10.3. The fraction of sp³-hybridized carbons (Fsp3) is 0.613. The fourth-order valence-corrected chi connectivity index (χ4v) is 7.21. The predicted molar refractivity (Wildman–Crippen MR) is 161 cm³/mol. The Morgan fingerprint density at radius 3 is 2.41 bits per heavy atom. The molecule has 8 heteroatoms. The molecule has 1 aliphatic carbocycles. The van der Waals surface area contributed by atoms with Gasteiger partial charge in [-0.3, -0.25) is 14.6 Å². The number of aromatic nitrogens is 1. The first-order valence-corrected chi connectivity index (χ1v) is 15.6. The number of hydrogen-bond donors (Lipinski definition) is 1. The molecule has 212 valence electrons. The van der Waals surface area contributed by atoms with Crippen molar-refractivity contribution in [1.82, 2.24) is 20.1 Å². The zero-order valence-corrected chi connectivity index (χ0v) is 24.9. The highest BCUT2D eigenvalue weighted by Gasteiger charge is 2.33. The number of carbonyl (C=O) groups excluding carboxylic acids is 1. The second-order valence-corrected chi connectivity index (χ2v) is 12.7. The number of likely N-dealkylation sites (tertiary alicyclic amines) is 1. The van der Waals surface area contributed by atoms with Gasteiger partial charge in [-0.05, 0) is 82.3 Å². The number of amides is 1. The molecule has 1 saturated carbocycles. The largest absolute Gasteiger partial charge is 0.353 e. The van der Waals surface area contributed by atoms with Crippen LogP contribution in [0, 0.1) is 5.92 Å². The van der Waals surface area contributed by atoms with Gasteiger partial charge in [0.1, 0.15) is 5.82 Å². The Hall–Kier alpha value is -1.86. The summed E-state index contributed by atoms with van der Waals surface area (Å²) < 4.78 is 0. The number of rotatable bonds is 7. The van der Waals surface area contributed by atoms with E-state index in [1.54, 1.807) is 12.3 Å². The molecule has 3 aliphatic rings. The first-order chi connectivity index (χ1) is 18.9. The van der Waals surface area contributed by atoms with Crippen LogP contribution in [0.2, 0.25) is 10.0 Å². The zero-order valence-electron chi connectivity index (χ0n) is 23.4. The molecular weight excluding hydrogens is 529 g/mol. The molecule has 3 fully saturated rings. The van der Waals surface area contributed by atoms with Crippen LogP contribution in [-0.4, -0.2) is 71.5 Å². The van der Waals surface area contributed by atoms with Crippen LogP contribution in [0.1, 0.15) is 74.7 Å². The molecule has 0 spiro atoms. The lowest BCUT2D eigenvalue weighted by atomic mass is 9.84. The van der Waals surface area contributed by atoms with Crippen LogP contribution in [0.4, 0.5) is 5.82 Å². The number of carbonyl (C=O) groups is 1. The second-order valence-electron chi connectivity index (χ2n) is 11.9. The molecule has 1 aromatic carbocycles. The number of piperidine rings is 1. The number of nitrogens with one attached hydrogen (secondary N) is 1. The lowest BCUT2D eigenvalue weighted by Gasteiger charge is -2.47. The molecule has 5 rings (SSSR count). The van der Waals surface area contributed by atoms with Crippen molar-refractivity contribution in [1.29, 1.82) is 0 Å². The fourth-order valence-electron chi connectivity index (χ4n) is 6.79. The summed E-state index contributed by atoms with van der Waals surface area (Å²) in [6.45, 7) is 10.5. The van der Waals surface area contributed by atoms with Crippen molar-refractivity contribution in [3.8, 4) is 0 Å². The van der Waals surface area contributed by atoms with Gasteiger partial charge < -0.3 is 10.2 Å². The minimum absolute atomic E-state index is 0.0744. The van der Waals surface area contributed by atoms with Crippen molar-refractivity contribution in [3.63, 3.8) is 0 Å². The number of halogens is 2. The molecule has 2 aliphatic heterocycles. The van der Waals surface area contributed by atoms with Gasteiger partial charge in [0.05, 0.1) is 10.6 Å². The van der Waals surface area contributed by atoms with Gasteiger partial charge in [0.15, 0.2) is 0 Å². The van der Waals surface area contributed by atoms with E-state index in [1.165, 1.54) is 50.5 Å². The van der Waals surface area contributed by atoms with Crippen molar-refractivity contribution in [2.45, 2.75) is 83.5 Å². The Morgan fingerprint density at radius 1 is 1.03 bits per heavy atom. The number of piperazine rings is 1. The summed E-state index contributed by atoms with van der Waals surface area (Å²) in [5.41, 5.74) is 1.87. The average molecular weight is 573 g/mol. The van der Waals surface area contributed by atoms with E-state index < -0.39 is 0 Å². The third-order valence-corrected chi connectivity index (χ3v) is 9.65. The van der Waals surface area contributed by atoms with Gasteiger partial charge in [0, 0.05) is 55.5 Å². The maximum Gasteiger partial charge on any atom is 0.253 e. The molecule has 2 saturated heterocycles. The van der Waals surface area contributed by atoms with Crippen molar-refractivity contribution < 1.29 is 4.79 Å². The normalized spacial score (nSPS) is 23.1. The van der Waals surface area contributed by atoms with Crippen LogP contribution in [0.5, 0.6) is 0 Å². The molecule has 2 atom stereocenters. The van der Waals surface area contributed by atoms with Gasteiger partial charge in [-0.2, -0.15) is 0 Å². The Labute approximate surface area is 244 Å². The van der Waals surface area contributed by atoms with Gasteiger partial charge in [0.2, 0.25) is 0 Å². The summed E-state index contributed by atoms with van der Waals surface area (Å²) >= 11 is 12.7. The second kappa shape index (κ2) is 13.2. The lowest BCUT2D eigenvalue weighted by Crippen LogP contribution is -2.57. The maximum atomic E-state index is 12.9. The molecule has 0 unspecified atom stereocenters. The standard InChI is InChI=1S/C31H43Cl2N5O/c1-22-20-37(16-17-38(22)28-12-14-36(15-13-28)21-24-8-10-27(32)11-9-24)30-29(33)18-26(19-34-30)31(39)35-23(2)25-6-4-3-5-7-25/h8-11,18-19,22-23,25,28H,3-7,12-17,20-21H2,1-2H3,(H,35,39)/t22-,23+/m0/s1. The first kappa shape index (κ1) is 28.7. The number of pyridine rings is 1. The smallest absolute Gasteiger partial charge is 0.253 e. The minimum Gasteiger partial charge on any atom is -0.353 e. The van der Waals surface area contributed by atoms with Gasteiger partial charge in [-0.25, -0.2) is 4.98 Å². The average Bonchev–Trinajstić information content (AvgIpc) is 2.95. The highest BCUT2D eigenvalue weighted by Crippen LogP contribution is 2.30. The van der Waals surface area contributed by atoms with Crippen molar-refractivity contribution in [3.05, 3.63) is 57.7 Å². The molecule has 1 amide bonds. The number of benzene rings is 1.